The van der Waals surface area contributed by atoms with Crippen LogP contribution in [0.1, 0.15) is 0 Å². The van der Waals surface area contributed by atoms with E-state index in [0.29, 0.717) is 10.4 Å². The third-order valence-corrected chi connectivity index (χ3v) is 1.93. The Bertz CT molecular complexity index is 275. The van der Waals surface area contributed by atoms with Crippen molar-refractivity contribution in [3.05, 3.63) is 17.0 Å². The number of carbonyl (C=O) groups excluding carboxylic acids is 1. The van der Waals surface area contributed by atoms with Crippen LogP contribution in [0.4, 0.5) is 5.82 Å². The molecule has 1 aromatic rings. The number of nitrogens with zero attached hydrogens (tertiary/aromatic N) is 2. The molecule has 0 aromatic carbocycles. The predicted octanol–water partition coefficient (Wildman–Crippen LogP) is 1.57. The lowest BCUT2D eigenvalue weighted by atomic mass is 10.6. The molecular weight excluding hydrogens is 290 g/mol. The molecule has 6 heteroatoms. The molecule has 0 aliphatic rings. The highest BCUT2D eigenvalue weighted by atomic mass is 79.9. The van der Waals surface area contributed by atoms with Crippen LogP contribution in [-0.2, 0) is 4.79 Å². The lowest BCUT2D eigenvalue weighted by Gasteiger charge is -1.99. The van der Waals surface area contributed by atoms with Crippen molar-refractivity contribution in [2.45, 2.75) is 0 Å². The third kappa shape index (κ3) is 2.86. The van der Waals surface area contributed by atoms with Crippen LogP contribution in [0.5, 0.6) is 0 Å². The zero-order chi connectivity index (χ0) is 8.97. The van der Waals surface area contributed by atoms with Gasteiger partial charge in [-0.1, -0.05) is 15.9 Å². The van der Waals surface area contributed by atoms with Gasteiger partial charge in [0.05, 0.1) is 17.7 Å². The van der Waals surface area contributed by atoms with E-state index in [1.165, 1.54) is 12.4 Å². The summed E-state index contributed by atoms with van der Waals surface area (Å²) >= 11 is 6.15. The Kier molecular flexibility index (Phi) is 3.61. The number of anilines is 1. The summed E-state index contributed by atoms with van der Waals surface area (Å²) in [5.74, 6) is 0.300. The number of rotatable bonds is 2. The fraction of sp³-hybridized carbons (Fsp3) is 0.167. The van der Waals surface area contributed by atoms with Gasteiger partial charge in [-0.25, -0.2) is 9.97 Å². The average molecular weight is 295 g/mol. The van der Waals surface area contributed by atoms with Crippen LogP contribution in [0.15, 0.2) is 17.0 Å². The van der Waals surface area contributed by atoms with Crippen molar-refractivity contribution in [1.29, 1.82) is 0 Å². The molecule has 0 aliphatic carbocycles. The highest BCUT2D eigenvalue weighted by molar-refractivity contribution is 9.10. The second-order valence-corrected chi connectivity index (χ2v) is 3.28. The second-order valence-electron chi connectivity index (χ2n) is 1.91. The van der Waals surface area contributed by atoms with Crippen LogP contribution in [0.3, 0.4) is 0 Å². The maximum atomic E-state index is 10.8. The number of halogens is 2. The Morgan fingerprint density at radius 2 is 2.25 bits per heavy atom. The molecule has 0 fully saturated rings. The lowest BCUT2D eigenvalue weighted by molar-refractivity contribution is -0.113. The summed E-state index contributed by atoms with van der Waals surface area (Å²) in [6.07, 6.45) is 2.99. The van der Waals surface area contributed by atoms with E-state index in [1.54, 1.807) is 0 Å². The number of amides is 1. The highest BCUT2D eigenvalue weighted by Gasteiger charge is 1.99. The van der Waals surface area contributed by atoms with Gasteiger partial charge < -0.3 is 5.32 Å². The quantitative estimate of drug-likeness (QED) is 0.843. The normalized spacial score (nSPS) is 9.50. The molecule has 0 saturated carbocycles. The molecule has 0 aliphatic heterocycles. The molecule has 0 bridgehead atoms. The smallest absolute Gasteiger partial charge is 0.236 e. The minimum absolute atomic E-state index is 0.147. The molecule has 12 heavy (non-hydrogen) atoms. The van der Waals surface area contributed by atoms with E-state index in [0.717, 1.165) is 0 Å². The van der Waals surface area contributed by atoms with E-state index in [4.69, 9.17) is 0 Å². The van der Waals surface area contributed by atoms with Gasteiger partial charge in [0.25, 0.3) is 0 Å². The van der Waals surface area contributed by atoms with Crippen molar-refractivity contribution in [2.24, 2.45) is 0 Å². The summed E-state index contributed by atoms with van der Waals surface area (Å²) in [5, 5.41) is 2.79. The topological polar surface area (TPSA) is 54.9 Å². The monoisotopic (exact) mass is 293 g/mol. The van der Waals surface area contributed by atoms with Crippen LogP contribution in [-0.4, -0.2) is 21.2 Å². The van der Waals surface area contributed by atoms with Crippen molar-refractivity contribution >= 4 is 43.6 Å². The fourth-order valence-electron chi connectivity index (χ4n) is 0.553. The minimum Gasteiger partial charge on any atom is -0.309 e. The van der Waals surface area contributed by atoms with Crippen LogP contribution < -0.4 is 5.32 Å². The van der Waals surface area contributed by atoms with Crippen molar-refractivity contribution in [2.75, 3.05) is 10.6 Å². The minimum atomic E-state index is -0.147. The number of alkyl halides is 1. The summed E-state index contributed by atoms with van der Waals surface area (Å²) < 4.78 is 0.638. The molecule has 4 nitrogen and oxygen atoms in total. The number of aromatic nitrogens is 2. The standard InChI is InChI=1S/C6H5Br2N3O/c7-1-6(12)11-5-3-9-4(8)2-10-5/h2-3H,1H2,(H,10,11,12). The summed E-state index contributed by atoms with van der Waals surface area (Å²) in [4.78, 5) is 18.6. The summed E-state index contributed by atoms with van der Waals surface area (Å²) in [6, 6.07) is 0. The molecule has 0 unspecified atom stereocenters. The van der Waals surface area contributed by atoms with Crippen molar-refractivity contribution < 1.29 is 4.79 Å². The maximum Gasteiger partial charge on any atom is 0.236 e. The molecule has 1 amide bonds. The highest BCUT2D eigenvalue weighted by Crippen LogP contribution is 2.05. The van der Waals surface area contributed by atoms with Gasteiger partial charge in [-0.05, 0) is 15.9 Å². The van der Waals surface area contributed by atoms with E-state index < -0.39 is 0 Å². The van der Waals surface area contributed by atoms with Crippen LogP contribution in [0.2, 0.25) is 0 Å². The first kappa shape index (κ1) is 9.60. The number of hydrogen-bond donors (Lipinski definition) is 1. The van der Waals surface area contributed by atoms with Crippen molar-refractivity contribution in [3.8, 4) is 0 Å². The second kappa shape index (κ2) is 4.51. The summed E-state index contributed by atoms with van der Waals surface area (Å²) in [7, 11) is 0. The molecule has 0 saturated heterocycles. The van der Waals surface area contributed by atoms with Gasteiger partial charge in [-0.3, -0.25) is 4.79 Å². The summed E-state index contributed by atoms with van der Waals surface area (Å²) in [6.45, 7) is 0. The molecule has 0 spiro atoms. The van der Waals surface area contributed by atoms with E-state index in [9.17, 15) is 4.79 Å². The van der Waals surface area contributed by atoms with Gasteiger partial charge in [0.15, 0.2) is 5.82 Å². The van der Waals surface area contributed by atoms with E-state index >= 15 is 0 Å². The van der Waals surface area contributed by atoms with Crippen LogP contribution in [0.25, 0.3) is 0 Å². The maximum absolute atomic E-state index is 10.8. The number of hydrogen-bond acceptors (Lipinski definition) is 3. The Hall–Kier alpha value is -0.490. The van der Waals surface area contributed by atoms with E-state index in [2.05, 4.69) is 47.1 Å². The molecule has 0 atom stereocenters. The van der Waals surface area contributed by atoms with E-state index in [1.807, 2.05) is 0 Å². The summed E-state index contributed by atoms with van der Waals surface area (Å²) in [5.41, 5.74) is 0. The Morgan fingerprint density at radius 3 is 2.75 bits per heavy atom. The lowest BCUT2D eigenvalue weighted by Crippen LogP contribution is -2.13. The Balaban J connectivity index is 2.64. The van der Waals surface area contributed by atoms with Gasteiger partial charge in [-0.2, -0.15) is 0 Å². The first-order valence-electron chi connectivity index (χ1n) is 3.05. The average Bonchev–Trinajstić information content (AvgIpc) is 2.09. The zero-order valence-electron chi connectivity index (χ0n) is 5.92. The van der Waals surface area contributed by atoms with Gasteiger partial charge in [0.2, 0.25) is 5.91 Å². The Morgan fingerprint density at radius 1 is 1.50 bits per heavy atom. The van der Waals surface area contributed by atoms with Gasteiger partial charge >= 0.3 is 0 Å². The third-order valence-electron chi connectivity index (χ3n) is 1.01. The Labute approximate surface area is 86.0 Å². The van der Waals surface area contributed by atoms with Crippen molar-refractivity contribution in [1.82, 2.24) is 9.97 Å². The first-order valence-corrected chi connectivity index (χ1v) is 4.97. The molecule has 0 radical (unpaired) electrons. The molecular formula is C6H5Br2N3O. The van der Waals surface area contributed by atoms with Gasteiger partial charge in [-0.15, -0.1) is 0 Å². The SMILES string of the molecule is O=C(CBr)Nc1cnc(Br)cn1. The van der Waals surface area contributed by atoms with E-state index in [-0.39, 0.29) is 11.2 Å². The fourth-order valence-corrected chi connectivity index (χ4v) is 0.898. The molecule has 1 aromatic heterocycles. The van der Waals surface area contributed by atoms with Crippen LogP contribution in [0, 0.1) is 0 Å². The predicted molar refractivity (Wildman–Crippen MR) is 52.2 cm³/mol. The van der Waals surface area contributed by atoms with Gasteiger partial charge in [0, 0.05) is 0 Å². The van der Waals surface area contributed by atoms with Gasteiger partial charge in [0.1, 0.15) is 4.60 Å². The van der Waals surface area contributed by atoms with Crippen molar-refractivity contribution in [3.63, 3.8) is 0 Å². The molecule has 1 rings (SSSR count). The zero-order valence-corrected chi connectivity index (χ0v) is 9.09. The molecule has 64 valence electrons. The first-order chi connectivity index (χ1) is 5.72. The van der Waals surface area contributed by atoms with Crippen LogP contribution >= 0.6 is 31.9 Å². The number of nitrogens with one attached hydrogen (secondary N) is 1. The largest absolute Gasteiger partial charge is 0.309 e. The molecule has 1 heterocycles. The number of carbonyl (C=O) groups is 1. The molecule has 1 N–H and O–H groups in total.